The van der Waals surface area contributed by atoms with Gasteiger partial charge in [-0.3, -0.25) is 4.79 Å². The molecule has 0 saturated heterocycles. The van der Waals surface area contributed by atoms with Crippen LogP contribution in [0.25, 0.3) is 21.5 Å². The fraction of sp³-hybridized carbons (Fsp3) is 0.120. The Balaban J connectivity index is 1.23. The Kier molecular flexibility index (Phi) is 5.95. The maximum Gasteiger partial charge on any atom is 0.252 e. The van der Waals surface area contributed by atoms with Gasteiger partial charge >= 0.3 is 0 Å². The second kappa shape index (κ2) is 9.20. The monoisotopic (exact) mass is 478 g/mol. The molecule has 0 aliphatic carbocycles. The number of benzene rings is 1. The number of nitrogens with one attached hydrogen (secondary N) is 2. The van der Waals surface area contributed by atoms with Gasteiger partial charge in [0.1, 0.15) is 5.65 Å². The van der Waals surface area contributed by atoms with Crippen LogP contribution in [-0.4, -0.2) is 32.1 Å². The first-order valence-electron chi connectivity index (χ1n) is 10.5. The molecule has 0 saturated carbocycles. The number of pyridine rings is 1. The summed E-state index contributed by atoms with van der Waals surface area (Å²) in [5, 5.41) is 14.6. The van der Waals surface area contributed by atoms with E-state index in [0.29, 0.717) is 12.1 Å². The van der Waals surface area contributed by atoms with E-state index < -0.39 is 23.8 Å². The number of amides is 1. The van der Waals surface area contributed by atoms with Crippen molar-refractivity contribution in [2.24, 2.45) is 0 Å². The van der Waals surface area contributed by atoms with Crippen LogP contribution in [0.2, 0.25) is 0 Å². The van der Waals surface area contributed by atoms with E-state index in [4.69, 9.17) is 0 Å². The Labute approximate surface area is 197 Å². The highest BCUT2D eigenvalue weighted by Gasteiger charge is 2.25. The number of nitrogens with zero attached hydrogens (tertiary/aromatic N) is 2. The van der Waals surface area contributed by atoms with E-state index in [1.165, 1.54) is 11.0 Å². The van der Waals surface area contributed by atoms with Crippen LogP contribution in [0.3, 0.4) is 0 Å². The van der Waals surface area contributed by atoms with Gasteiger partial charge < -0.3 is 20.3 Å². The van der Waals surface area contributed by atoms with Gasteiger partial charge in [0.25, 0.3) is 5.91 Å². The Hall–Kier alpha value is -3.82. The molecule has 0 fully saturated rings. The van der Waals surface area contributed by atoms with Crippen LogP contribution in [-0.2, 0) is 17.9 Å². The number of aliphatic hydroxyl groups excluding tert-OH is 1. The Morgan fingerprint density at radius 3 is 2.94 bits per heavy atom. The van der Waals surface area contributed by atoms with Gasteiger partial charge in [0.15, 0.2) is 17.9 Å². The number of rotatable bonds is 6. The van der Waals surface area contributed by atoms with E-state index in [0.717, 1.165) is 38.5 Å². The highest BCUT2D eigenvalue weighted by Crippen LogP contribution is 2.33. The number of carbonyl (C=O) groups is 1. The molecule has 1 amide bonds. The van der Waals surface area contributed by atoms with E-state index in [1.807, 2.05) is 30.5 Å². The summed E-state index contributed by atoms with van der Waals surface area (Å²) in [4.78, 5) is 23.7. The van der Waals surface area contributed by atoms with Crippen molar-refractivity contribution in [1.82, 2.24) is 20.2 Å². The molecule has 172 valence electrons. The van der Waals surface area contributed by atoms with Gasteiger partial charge in [-0.1, -0.05) is 6.07 Å². The molecule has 1 aliphatic heterocycles. The van der Waals surface area contributed by atoms with Gasteiger partial charge in [-0.25, -0.2) is 13.8 Å². The van der Waals surface area contributed by atoms with Crippen molar-refractivity contribution < 1.29 is 18.7 Å². The lowest BCUT2D eigenvalue weighted by molar-refractivity contribution is -0.119. The number of H-pyrrole nitrogens is 1. The molecule has 3 N–H and O–H groups in total. The zero-order valence-corrected chi connectivity index (χ0v) is 18.7. The van der Waals surface area contributed by atoms with Gasteiger partial charge in [-0.2, -0.15) is 0 Å². The molecule has 0 bridgehead atoms. The normalized spacial score (nSPS) is 15.6. The van der Waals surface area contributed by atoms with Crippen LogP contribution < -0.4 is 5.32 Å². The van der Waals surface area contributed by atoms with Crippen LogP contribution in [0.1, 0.15) is 10.4 Å². The summed E-state index contributed by atoms with van der Waals surface area (Å²) in [6.45, 7) is 0.425. The first-order chi connectivity index (χ1) is 16.5. The number of fused-ring (bicyclic) bond motifs is 1. The molecule has 1 atom stereocenters. The van der Waals surface area contributed by atoms with E-state index in [2.05, 4.69) is 15.3 Å². The van der Waals surface area contributed by atoms with E-state index in [9.17, 15) is 18.7 Å². The lowest BCUT2D eigenvalue weighted by atomic mass is 10.1. The number of aromatic nitrogens is 2. The molecule has 1 unspecified atom stereocenters. The first kappa shape index (κ1) is 22.0. The SMILES string of the molecule is O=C(NCc1ccc(-c2c[nH]c3ncccc23)s1)C1=CC=CN(Cc2ccc(F)c(F)c2)C1O. The van der Waals surface area contributed by atoms with Crippen molar-refractivity contribution >= 4 is 28.3 Å². The van der Waals surface area contributed by atoms with Crippen molar-refractivity contribution in [3.05, 3.63) is 101 Å². The highest BCUT2D eigenvalue weighted by atomic mass is 32.1. The van der Waals surface area contributed by atoms with Gasteiger partial charge in [-0.15, -0.1) is 11.3 Å². The Bertz CT molecular complexity index is 1430. The third kappa shape index (κ3) is 4.35. The number of aromatic amines is 1. The summed E-state index contributed by atoms with van der Waals surface area (Å²) < 4.78 is 26.7. The van der Waals surface area contributed by atoms with Crippen LogP contribution in [0, 0.1) is 11.6 Å². The highest BCUT2D eigenvalue weighted by molar-refractivity contribution is 7.15. The minimum absolute atomic E-state index is 0.118. The molecule has 9 heteroatoms. The lowest BCUT2D eigenvalue weighted by Gasteiger charge is -2.30. The molecule has 0 spiro atoms. The zero-order chi connectivity index (χ0) is 23.7. The van der Waals surface area contributed by atoms with Crippen molar-refractivity contribution in [1.29, 1.82) is 0 Å². The quantitative estimate of drug-likeness (QED) is 0.382. The maximum absolute atomic E-state index is 13.5. The second-order valence-corrected chi connectivity index (χ2v) is 8.98. The molecule has 3 aromatic heterocycles. The predicted molar refractivity (Wildman–Crippen MR) is 126 cm³/mol. The van der Waals surface area contributed by atoms with Crippen LogP contribution in [0.4, 0.5) is 8.78 Å². The standard InChI is InChI=1S/C25H20F2N4O2S/c26-20-7-5-15(11-21(20)27)14-31-10-2-4-18(25(31)33)24(32)30-12-16-6-8-22(34-16)19-13-29-23-17(19)3-1-9-28-23/h1-11,13,25,33H,12,14H2,(H,28,29)(H,30,32). The number of halogens is 2. The second-order valence-electron chi connectivity index (χ2n) is 7.81. The van der Waals surface area contributed by atoms with Gasteiger partial charge in [0.05, 0.1) is 12.1 Å². The predicted octanol–water partition coefficient (Wildman–Crippen LogP) is 4.46. The van der Waals surface area contributed by atoms with Crippen molar-refractivity contribution in [2.75, 3.05) is 0 Å². The molecule has 34 heavy (non-hydrogen) atoms. The summed E-state index contributed by atoms with van der Waals surface area (Å²) in [7, 11) is 0. The first-order valence-corrected chi connectivity index (χ1v) is 11.4. The van der Waals surface area contributed by atoms with Crippen LogP contribution >= 0.6 is 11.3 Å². The molecule has 4 heterocycles. The zero-order valence-electron chi connectivity index (χ0n) is 17.8. The molecule has 0 radical (unpaired) electrons. The summed E-state index contributed by atoms with van der Waals surface area (Å²) in [5.74, 6) is -2.30. The molecule has 5 rings (SSSR count). The molecular formula is C25H20F2N4O2S. The minimum atomic E-state index is -1.21. The fourth-order valence-electron chi connectivity index (χ4n) is 3.83. The summed E-state index contributed by atoms with van der Waals surface area (Å²) >= 11 is 1.56. The molecule has 1 aliphatic rings. The lowest BCUT2D eigenvalue weighted by Crippen LogP contribution is -2.39. The third-order valence-corrected chi connectivity index (χ3v) is 6.68. The van der Waals surface area contributed by atoms with E-state index in [1.54, 1.807) is 35.9 Å². The minimum Gasteiger partial charge on any atom is -0.369 e. The van der Waals surface area contributed by atoms with Crippen molar-refractivity contribution in [3.63, 3.8) is 0 Å². The Morgan fingerprint density at radius 1 is 1.21 bits per heavy atom. The maximum atomic E-state index is 13.5. The number of hydrogen-bond acceptors (Lipinski definition) is 5. The summed E-state index contributed by atoms with van der Waals surface area (Å²) in [5.41, 5.74) is 2.52. The summed E-state index contributed by atoms with van der Waals surface area (Å²) in [6.07, 6.45) is 7.22. The molecule has 4 aromatic rings. The number of allylic oxidation sites excluding steroid dienone is 2. The van der Waals surface area contributed by atoms with Crippen molar-refractivity contribution in [3.8, 4) is 10.4 Å². The topological polar surface area (TPSA) is 81.2 Å². The smallest absolute Gasteiger partial charge is 0.252 e. The molecular weight excluding hydrogens is 458 g/mol. The number of hydrogen-bond donors (Lipinski definition) is 3. The summed E-state index contributed by atoms with van der Waals surface area (Å²) in [6, 6.07) is 11.4. The Morgan fingerprint density at radius 2 is 2.09 bits per heavy atom. The third-order valence-electron chi connectivity index (χ3n) is 5.56. The van der Waals surface area contributed by atoms with Gasteiger partial charge in [-0.05, 0) is 54.1 Å². The fourth-order valence-corrected chi connectivity index (χ4v) is 4.81. The van der Waals surface area contributed by atoms with E-state index in [-0.39, 0.29) is 12.1 Å². The number of aliphatic hydroxyl groups is 1. The largest absolute Gasteiger partial charge is 0.369 e. The molecule has 6 nitrogen and oxygen atoms in total. The number of thiophene rings is 1. The van der Waals surface area contributed by atoms with Crippen LogP contribution in [0.15, 0.2) is 78.8 Å². The van der Waals surface area contributed by atoms with Gasteiger partial charge in [0.2, 0.25) is 0 Å². The average Bonchev–Trinajstić information content (AvgIpc) is 3.48. The van der Waals surface area contributed by atoms with Crippen LogP contribution in [0.5, 0.6) is 0 Å². The average molecular weight is 479 g/mol. The number of carbonyl (C=O) groups excluding carboxylic acids is 1. The van der Waals surface area contributed by atoms with Crippen molar-refractivity contribution in [2.45, 2.75) is 19.3 Å². The van der Waals surface area contributed by atoms with E-state index >= 15 is 0 Å². The van der Waals surface area contributed by atoms with Gasteiger partial charge in [0, 0.05) is 45.8 Å². The molecule has 1 aromatic carbocycles.